The summed E-state index contributed by atoms with van der Waals surface area (Å²) in [7, 11) is 0. The number of rotatable bonds is 10. The molecular formula is C46H66ClNO6. The molecule has 9 atom stereocenters. The van der Waals surface area contributed by atoms with Crippen LogP contribution < -0.4 is 5.32 Å². The monoisotopic (exact) mass is 763 g/mol. The minimum absolute atomic E-state index is 0.0163. The molecule has 0 bridgehead atoms. The number of carbonyl (C=O) groups is 3. The van der Waals surface area contributed by atoms with Gasteiger partial charge in [0.25, 0.3) is 0 Å². The second-order valence-corrected chi connectivity index (χ2v) is 21.5. The lowest BCUT2D eigenvalue weighted by molar-refractivity contribution is -0.235. The molecule has 0 aromatic heterocycles. The third kappa shape index (κ3) is 5.89. The SMILES string of the molecule is CC(C)C1=C2[C@H]3CC[C@@H]4[C@@]5(C)CC[C@H](OC(=O)CC(C)(C)C(=O)O)C(C)(C)[C@@H]5CC[C@@]4(C)[C@]3(C)CC[C@@]2([C@H](O)CNC2(c3ccc(Cl)cc3)CC2)CC1=O. The van der Waals surface area contributed by atoms with Crippen LogP contribution in [-0.2, 0) is 24.7 Å². The van der Waals surface area contributed by atoms with E-state index in [0.29, 0.717) is 24.8 Å². The van der Waals surface area contributed by atoms with Gasteiger partial charge in [0.15, 0.2) is 5.78 Å². The lowest BCUT2D eigenvalue weighted by Crippen LogP contribution is -2.66. The number of nitrogens with one attached hydrogen (secondary N) is 1. The zero-order valence-corrected chi connectivity index (χ0v) is 35.1. The molecular weight excluding hydrogens is 698 g/mol. The maximum absolute atomic E-state index is 14.2. The summed E-state index contributed by atoms with van der Waals surface area (Å²) in [6, 6.07) is 8.08. The van der Waals surface area contributed by atoms with Crippen molar-refractivity contribution in [3.8, 4) is 0 Å². The van der Waals surface area contributed by atoms with Crippen LogP contribution in [-0.4, -0.2) is 46.7 Å². The molecule has 7 nitrogen and oxygen atoms in total. The Bertz CT molecular complexity index is 1730. The van der Waals surface area contributed by atoms with Crippen LogP contribution in [0.3, 0.4) is 0 Å². The van der Waals surface area contributed by atoms with Crippen molar-refractivity contribution >= 4 is 29.3 Å². The van der Waals surface area contributed by atoms with E-state index in [-0.39, 0.29) is 57.3 Å². The summed E-state index contributed by atoms with van der Waals surface area (Å²) >= 11 is 6.22. The van der Waals surface area contributed by atoms with Gasteiger partial charge in [-0.15, -0.1) is 0 Å². The molecule has 5 saturated carbocycles. The smallest absolute Gasteiger partial charge is 0.309 e. The Hall–Kier alpha value is -2.22. The molecule has 54 heavy (non-hydrogen) atoms. The van der Waals surface area contributed by atoms with Gasteiger partial charge in [-0.2, -0.15) is 0 Å². The molecule has 6 aliphatic rings. The molecule has 0 spiro atoms. The van der Waals surface area contributed by atoms with Crippen molar-refractivity contribution in [1.82, 2.24) is 5.32 Å². The second kappa shape index (κ2) is 13.2. The Morgan fingerprint density at radius 3 is 2.19 bits per heavy atom. The summed E-state index contributed by atoms with van der Waals surface area (Å²) in [5.74, 6) is 0.0483. The Balaban J connectivity index is 1.15. The maximum Gasteiger partial charge on any atom is 0.309 e. The Kier molecular flexibility index (Phi) is 9.75. The number of esters is 1. The maximum atomic E-state index is 14.2. The van der Waals surface area contributed by atoms with Crippen molar-refractivity contribution in [3.05, 3.63) is 46.0 Å². The summed E-state index contributed by atoms with van der Waals surface area (Å²) in [6.07, 6.45) is 9.26. The number of ether oxygens (including phenoxy) is 1. The third-order valence-corrected chi connectivity index (χ3v) is 17.5. The second-order valence-electron chi connectivity index (χ2n) is 21.0. The zero-order chi connectivity index (χ0) is 39.4. The summed E-state index contributed by atoms with van der Waals surface area (Å²) in [6.45, 7) is 20.1. The number of carbonyl (C=O) groups excluding carboxylic acids is 2. The molecule has 7 rings (SSSR count). The van der Waals surface area contributed by atoms with E-state index in [1.54, 1.807) is 13.8 Å². The van der Waals surface area contributed by atoms with Gasteiger partial charge in [-0.3, -0.25) is 14.4 Å². The fourth-order valence-corrected chi connectivity index (χ4v) is 14.0. The standard InChI is InChI=1S/C46H66ClNO6/c1-27(2)37-31(49)24-45(34(50)26-48-46(22-23-46)28-10-12-29(47)13-11-28)21-20-43(8)30(38(37)45)14-15-33-42(7)18-17-35(54-36(51)25-40(3,4)39(52)53)41(5,6)32(42)16-19-44(33,43)9/h10-13,27,30,32-35,48,50H,14-26H2,1-9H3,(H,52,53)/t30-,32+,33-,34-,35+,42+,43-,44-,45+/m1/s1. The van der Waals surface area contributed by atoms with Gasteiger partial charge < -0.3 is 20.3 Å². The van der Waals surface area contributed by atoms with Crippen LogP contribution in [0.5, 0.6) is 0 Å². The zero-order valence-electron chi connectivity index (χ0n) is 34.4. The summed E-state index contributed by atoms with van der Waals surface area (Å²) in [4.78, 5) is 39.0. The molecule has 0 unspecified atom stereocenters. The van der Waals surface area contributed by atoms with E-state index < -0.39 is 28.9 Å². The molecule has 3 N–H and O–H groups in total. The lowest BCUT2D eigenvalue weighted by atomic mass is 9.33. The summed E-state index contributed by atoms with van der Waals surface area (Å²) in [5.41, 5.74) is 1.52. The summed E-state index contributed by atoms with van der Waals surface area (Å²) in [5, 5.41) is 26.5. The van der Waals surface area contributed by atoms with E-state index >= 15 is 0 Å². The molecule has 0 amide bonds. The molecule has 8 heteroatoms. The fraction of sp³-hybridized carbons (Fsp3) is 0.761. The number of carboxylic acid groups (broad SMARTS) is 1. The number of aliphatic carboxylic acids is 1. The molecule has 1 aromatic rings. The first-order valence-corrected chi connectivity index (χ1v) is 21.4. The van der Waals surface area contributed by atoms with Crippen molar-refractivity contribution in [2.75, 3.05) is 6.54 Å². The van der Waals surface area contributed by atoms with Gasteiger partial charge in [-0.25, -0.2) is 0 Å². The molecule has 298 valence electrons. The van der Waals surface area contributed by atoms with Gasteiger partial charge in [0.1, 0.15) is 6.10 Å². The minimum Gasteiger partial charge on any atom is -0.481 e. The number of hydrogen-bond acceptors (Lipinski definition) is 6. The molecule has 0 saturated heterocycles. The number of aliphatic hydroxyl groups is 1. The number of halogens is 1. The van der Waals surface area contributed by atoms with Gasteiger partial charge in [0.05, 0.1) is 17.9 Å². The van der Waals surface area contributed by atoms with Gasteiger partial charge >= 0.3 is 11.9 Å². The van der Waals surface area contributed by atoms with E-state index in [4.69, 9.17) is 16.3 Å². The van der Waals surface area contributed by atoms with E-state index in [9.17, 15) is 24.6 Å². The highest BCUT2D eigenvalue weighted by atomic mass is 35.5. The van der Waals surface area contributed by atoms with E-state index in [1.165, 1.54) is 11.1 Å². The molecule has 5 fully saturated rings. The van der Waals surface area contributed by atoms with Gasteiger partial charge in [0.2, 0.25) is 0 Å². The van der Waals surface area contributed by atoms with Crippen molar-refractivity contribution < 1.29 is 29.3 Å². The Morgan fingerprint density at radius 1 is 0.907 bits per heavy atom. The van der Waals surface area contributed by atoms with Crippen LogP contribution in [0.1, 0.15) is 145 Å². The van der Waals surface area contributed by atoms with Gasteiger partial charge in [0, 0.05) is 34.4 Å². The number of benzene rings is 1. The number of hydrogen-bond donors (Lipinski definition) is 3. The van der Waals surface area contributed by atoms with Gasteiger partial charge in [-0.1, -0.05) is 77.8 Å². The molecule has 0 radical (unpaired) electrons. The average molecular weight is 764 g/mol. The number of Topliss-reactive ketones (excluding diaryl/α,β-unsaturated/α-hetero) is 1. The number of allylic oxidation sites excluding steroid dienone is 1. The van der Waals surface area contributed by atoms with Crippen molar-refractivity contribution in [2.24, 2.45) is 56.2 Å². The number of carboxylic acids is 1. The lowest BCUT2D eigenvalue weighted by Gasteiger charge is -2.72. The highest BCUT2D eigenvalue weighted by Crippen LogP contribution is 2.77. The van der Waals surface area contributed by atoms with Crippen molar-refractivity contribution in [3.63, 3.8) is 0 Å². The van der Waals surface area contributed by atoms with Crippen LogP contribution in [0, 0.1) is 56.2 Å². The number of ketones is 1. The van der Waals surface area contributed by atoms with Crippen LogP contribution >= 0.6 is 11.6 Å². The average Bonchev–Trinajstić information content (AvgIpc) is 3.80. The normalized spacial score (nSPS) is 38.6. The molecule has 6 aliphatic carbocycles. The van der Waals surface area contributed by atoms with Crippen LogP contribution in [0.25, 0.3) is 0 Å². The molecule has 0 aliphatic heterocycles. The third-order valence-electron chi connectivity index (χ3n) is 17.3. The first kappa shape index (κ1) is 40.0. The predicted octanol–water partition coefficient (Wildman–Crippen LogP) is 9.67. The Labute approximate surface area is 328 Å². The fourth-order valence-electron chi connectivity index (χ4n) is 13.9. The van der Waals surface area contributed by atoms with Crippen LogP contribution in [0.4, 0.5) is 0 Å². The van der Waals surface area contributed by atoms with Crippen molar-refractivity contribution in [1.29, 1.82) is 0 Å². The van der Waals surface area contributed by atoms with Gasteiger partial charge in [-0.05, 0) is 141 Å². The van der Waals surface area contributed by atoms with E-state index in [0.717, 1.165) is 74.8 Å². The minimum atomic E-state index is -1.17. The van der Waals surface area contributed by atoms with Crippen molar-refractivity contribution in [2.45, 2.75) is 157 Å². The Morgan fingerprint density at radius 2 is 1.57 bits per heavy atom. The highest BCUT2D eigenvalue weighted by Gasteiger charge is 2.71. The number of fused-ring (bicyclic) bond motifs is 7. The van der Waals surface area contributed by atoms with Crippen LogP contribution in [0.15, 0.2) is 35.4 Å². The first-order chi connectivity index (χ1) is 25.1. The van der Waals surface area contributed by atoms with E-state index in [2.05, 4.69) is 65.9 Å². The summed E-state index contributed by atoms with van der Waals surface area (Å²) < 4.78 is 6.18. The highest BCUT2D eigenvalue weighted by molar-refractivity contribution is 6.30. The first-order valence-electron chi connectivity index (χ1n) is 21.0. The van der Waals surface area contributed by atoms with Crippen LogP contribution in [0.2, 0.25) is 5.02 Å². The predicted molar refractivity (Wildman–Crippen MR) is 212 cm³/mol. The molecule has 1 aromatic carbocycles. The number of aliphatic hydroxyl groups excluding tert-OH is 1. The quantitative estimate of drug-likeness (QED) is 0.204. The topological polar surface area (TPSA) is 113 Å². The molecule has 0 heterocycles. The van der Waals surface area contributed by atoms with E-state index in [1.807, 2.05) is 12.1 Å². The largest absolute Gasteiger partial charge is 0.481 e.